The molecule has 0 spiro atoms. The minimum absolute atomic E-state index is 0.308. The molecule has 0 bridgehead atoms. The van der Waals surface area contributed by atoms with Gasteiger partial charge in [0.1, 0.15) is 11.4 Å². The summed E-state index contributed by atoms with van der Waals surface area (Å²) >= 11 is 0. The first-order valence-electron chi connectivity index (χ1n) is 8.79. The third-order valence-electron chi connectivity index (χ3n) is 4.05. The van der Waals surface area contributed by atoms with E-state index in [1.807, 2.05) is 83.1 Å². The molecule has 0 unspecified atom stereocenters. The first-order chi connectivity index (χ1) is 12.3. The van der Waals surface area contributed by atoms with Crippen LogP contribution >= 0.6 is 0 Å². The van der Waals surface area contributed by atoms with E-state index in [2.05, 4.69) is 9.88 Å². The molecule has 3 aromatic rings. The van der Waals surface area contributed by atoms with Gasteiger partial charge in [-0.2, -0.15) is 0 Å². The molecule has 0 saturated heterocycles. The highest BCUT2D eigenvalue weighted by molar-refractivity contribution is 5.81. The zero-order valence-electron chi connectivity index (χ0n) is 15.9. The van der Waals surface area contributed by atoms with Crippen LogP contribution in [-0.2, 0) is 4.74 Å². The summed E-state index contributed by atoms with van der Waals surface area (Å²) < 4.78 is 7.47. The van der Waals surface area contributed by atoms with Crippen molar-refractivity contribution in [1.29, 1.82) is 0 Å². The fraction of sp³-hybridized carbons (Fsp3) is 0.333. The van der Waals surface area contributed by atoms with Gasteiger partial charge in [0.15, 0.2) is 0 Å². The monoisotopic (exact) mass is 351 g/mol. The van der Waals surface area contributed by atoms with E-state index in [-0.39, 0.29) is 6.04 Å². The fourth-order valence-corrected chi connectivity index (χ4v) is 2.95. The molecule has 0 radical (unpaired) electrons. The molecule has 0 fully saturated rings. The molecule has 0 aliphatic rings. The smallest absolute Gasteiger partial charge is 0.408 e. The van der Waals surface area contributed by atoms with E-state index in [4.69, 9.17) is 9.72 Å². The molecule has 136 valence electrons. The number of alkyl carbamates (subject to hydrolysis) is 1. The van der Waals surface area contributed by atoms with Crippen LogP contribution < -0.4 is 5.32 Å². The lowest BCUT2D eigenvalue weighted by molar-refractivity contribution is 0.0505. The lowest BCUT2D eigenvalue weighted by Crippen LogP contribution is -2.34. The number of aryl methyl sites for hydroxylation is 1. The number of amides is 1. The van der Waals surface area contributed by atoms with Gasteiger partial charge in [-0.3, -0.25) is 4.57 Å². The first-order valence-corrected chi connectivity index (χ1v) is 8.79. The Morgan fingerprint density at radius 1 is 1.12 bits per heavy atom. The predicted molar refractivity (Wildman–Crippen MR) is 104 cm³/mol. The molecule has 0 saturated carbocycles. The SMILES string of the molecule is Cc1cccc2c1nc([C@@H](C)NC(=O)OC(C)(C)C)n2-c1ccccc1. The van der Waals surface area contributed by atoms with Crippen molar-refractivity contribution in [3.8, 4) is 5.69 Å². The number of imidazole rings is 1. The Balaban J connectivity index is 2.05. The van der Waals surface area contributed by atoms with Crippen LogP contribution in [0.1, 0.15) is 45.1 Å². The minimum atomic E-state index is -0.542. The van der Waals surface area contributed by atoms with Crippen LogP contribution in [0.2, 0.25) is 0 Å². The molecule has 1 aromatic heterocycles. The quantitative estimate of drug-likeness (QED) is 0.729. The van der Waals surface area contributed by atoms with Crippen LogP contribution in [0, 0.1) is 6.92 Å². The van der Waals surface area contributed by atoms with E-state index < -0.39 is 11.7 Å². The molecule has 26 heavy (non-hydrogen) atoms. The number of hydrogen-bond donors (Lipinski definition) is 1. The topological polar surface area (TPSA) is 56.1 Å². The van der Waals surface area contributed by atoms with Crippen LogP contribution in [0.4, 0.5) is 4.79 Å². The van der Waals surface area contributed by atoms with Crippen LogP contribution in [0.25, 0.3) is 16.7 Å². The average molecular weight is 351 g/mol. The summed E-state index contributed by atoms with van der Waals surface area (Å²) in [5, 5.41) is 2.90. The van der Waals surface area contributed by atoms with Gasteiger partial charge < -0.3 is 10.1 Å². The fourth-order valence-electron chi connectivity index (χ4n) is 2.95. The number of nitrogens with one attached hydrogen (secondary N) is 1. The molecule has 1 atom stereocenters. The highest BCUT2D eigenvalue weighted by atomic mass is 16.6. The summed E-state index contributed by atoms with van der Waals surface area (Å²) in [5.41, 5.74) is 3.52. The molecule has 0 aliphatic carbocycles. The number of para-hydroxylation sites is 2. The number of hydrogen-bond acceptors (Lipinski definition) is 3. The zero-order chi connectivity index (χ0) is 18.9. The van der Waals surface area contributed by atoms with Gasteiger partial charge in [0, 0.05) is 5.69 Å². The lowest BCUT2D eigenvalue weighted by atomic mass is 10.2. The van der Waals surface area contributed by atoms with Gasteiger partial charge in [0.25, 0.3) is 0 Å². The number of nitrogens with zero attached hydrogens (tertiary/aromatic N) is 2. The van der Waals surface area contributed by atoms with Gasteiger partial charge in [0.05, 0.1) is 17.1 Å². The summed E-state index contributed by atoms with van der Waals surface area (Å²) in [7, 11) is 0. The summed E-state index contributed by atoms with van der Waals surface area (Å²) in [5.74, 6) is 0.770. The molecule has 5 nitrogen and oxygen atoms in total. The third-order valence-corrected chi connectivity index (χ3v) is 4.05. The second kappa shape index (κ2) is 6.83. The van der Waals surface area contributed by atoms with E-state index in [9.17, 15) is 4.79 Å². The summed E-state index contributed by atoms with van der Waals surface area (Å²) in [6, 6.07) is 15.8. The largest absolute Gasteiger partial charge is 0.444 e. The maximum atomic E-state index is 12.2. The standard InChI is InChI=1S/C21H25N3O2/c1-14-10-9-13-17-18(14)23-19(24(17)16-11-7-6-8-12-16)15(2)22-20(25)26-21(3,4)5/h6-13,15H,1-5H3,(H,22,25)/t15-/m1/s1. The van der Waals surface area contributed by atoms with E-state index >= 15 is 0 Å². The Hall–Kier alpha value is -2.82. The molecule has 1 N–H and O–H groups in total. The molecule has 2 aromatic carbocycles. The van der Waals surface area contributed by atoms with E-state index in [1.54, 1.807) is 0 Å². The van der Waals surface area contributed by atoms with E-state index in [1.165, 1.54) is 0 Å². The number of carbonyl (C=O) groups excluding carboxylic acids is 1. The third kappa shape index (κ3) is 3.72. The maximum absolute atomic E-state index is 12.2. The number of ether oxygens (including phenoxy) is 1. The van der Waals surface area contributed by atoms with Crippen LogP contribution in [0.5, 0.6) is 0 Å². The zero-order valence-corrected chi connectivity index (χ0v) is 15.9. The van der Waals surface area contributed by atoms with Crippen molar-refractivity contribution in [2.24, 2.45) is 0 Å². The van der Waals surface area contributed by atoms with Gasteiger partial charge in [-0.1, -0.05) is 30.3 Å². The van der Waals surface area contributed by atoms with Gasteiger partial charge in [-0.15, -0.1) is 0 Å². The van der Waals surface area contributed by atoms with E-state index in [0.29, 0.717) is 0 Å². The van der Waals surface area contributed by atoms with Crippen molar-refractivity contribution in [3.05, 3.63) is 59.9 Å². The van der Waals surface area contributed by atoms with Gasteiger partial charge >= 0.3 is 6.09 Å². The van der Waals surface area contributed by atoms with Crippen molar-refractivity contribution in [2.75, 3.05) is 0 Å². The Morgan fingerprint density at radius 2 is 1.81 bits per heavy atom. The van der Waals surface area contributed by atoms with Gasteiger partial charge in [-0.25, -0.2) is 9.78 Å². The maximum Gasteiger partial charge on any atom is 0.408 e. The van der Waals surface area contributed by atoms with Crippen molar-refractivity contribution in [2.45, 2.75) is 46.3 Å². The summed E-state index contributed by atoms with van der Waals surface area (Å²) in [6.07, 6.45) is -0.451. The Bertz CT molecular complexity index is 924. The number of benzene rings is 2. The molecule has 0 aliphatic heterocycles. The number of aromatic nitrogens is 2. The highest BCUT2D eigenvalue weighted by Gasteiger charge is 2.23. The molecule has 1 amide bonds. The van der Waals surface area contributed by atoms with Crippen molar-refractivity contribution in [3.63, 3.8) is 0 Å². The molecule has 1 heterocycles. The second-order valence-electron chi connectivity index (χ2n) is 7.45. The average Bonchev–Trinajstić information content (AvgIpc) is 2.95. The number of carbonyl (C=O) groups is 1. The normalized spacial score (nSPS) is 12.8. The van der Waals surface area contributed by atoms with Crippen molar-refractivity contribution in [1.82, 2.24) is 14.9 Å². The Kier molecular flexibility index (Phi) is 4.72. The first kappa shape index (κ1) is 18.0. The Morgan fingerprint density at radius 3 is 2.46 bits per heavy atom. The predicted octanol–water partition coefficient (Wildman–Crippen LogP) is 4.92. The summed E-state index contributed by atoms with van der Waals surface area (Å²) in [4.78, 5) is 17.0. The van der Waals surface area contributed by atoms with Crippen molar-refractivity contribution < 1.29 is 9.53 Å². The highest BCUT2D eigenvalue weighted by Crippen LogP contribution is 2.27. The number of rotatable bonds is 3. The van der Waals surface area contributed by atoms with E-state index in [0.717, 1.165) is 28.1 Å². The molecule has 3 rings (SSSR count). The Labute approximate surface area is 154 Å². The minimum Gasteiger partial charge on any atom is -0.444 e. The van der Waals surface area contributed by atoms with Crippen molar-refractivity contribution >= 4 is 17.1 Å². The van der Waals surface area contributed by atoms with Crippen LogP contribution in [0.15, 0.2) is 48.5 Å². The van der Waals surface area contributed by atoms with Crippen LogP contribution in [0.3, 0.4) is 0 Å². The number of fused-ring (bicyclic) bond motifs is 1. The lowest BCUT2D eigenvalue weighted by Gasteiger charge is -2.22. The van der Waals surface area contributed by atoms with Crippen LogP contribution in [-0.4, -0.2) is 21.2 Å². The molecule has 5 heteroatoms. The second-order valence-corrected chi connectivity index (χ2v) is 7.45. The summed E-state index contributed by atoms with van der Waals surface area (Å²) in [6.45, 7) is 9.50. The van der Waals surface area contributed by atoms with Gasteiger partial charge in [-0.05, 0) is 58.4 Å². The molecular formula is C21H25N3O2. The van der Waals surface area contributed by atoms with Gasteiger partial charge in [0.2, 0.25) is 0 Å². The molecular weight excluding hydrogens is 326 g/mol.